The van der Waals surface area contributed by atoms with Crippen molar-refractivity contribution < 1.29 is 23.1 Å². The molecule has 4 nitrogen and oxygen atoms in total. The summed E-state index contributed by atoms with van der Waals surface area (Å²) in [6.07, 6.45) is -6.73. The number of benzene rings is 1. The van der Waals surface area contributed by atoms with Crippen LogP contribution >= 0.6 is 0 Å². The van der Waals surface area contributed by atoms with Crippen molar-refractivity contribution in [2.45, 2.75) is 25.1 Å². The molecule has 22 heavy (non-hydrogen) atoms. The first-order valence-corrected chi connectivity index (χ1v) is 6.87. The highest BCUT2D eigenvalue weighted by Gasteiger charge is 2.44. The molecule has 7 heteroatoms. The number of hydrogen-bond donors (Lipinski definition) is 1. The van der Waals surface area contributed by atoms with E-state index < -0.39 is 18.2 Å². The monoisotopic (exact) mass is 312 g/mol. The van der Waals surface area contributed by atoms with Gasteiger partial charge in [-0.15, -0.1) is 0 Å². The number of halogens is 3. The molecule has 1 atom stereocenters. The maximum Gasteiger partial charge on any atom is 0.414 e. The molecule has 1 aliphatic rings. The molecule has 1 aromatic carbocycles. The summed E-state index contributed by atoms with van der Waals surface area (Å²) >= 11 is 0. The predicted octanol–water partition coefficient (Wildman–Crippen LogP) is 2.33. The SMILES string of the molecule is N#Cc1ccc(C(=O)N2CCC(C(O)C(F)(F)F)CC2)cc1. The van der Waals surface area contributed by atoms with Crippen LogP contribution in [-0.2, 0) is 0 Å². The van der Waals surface area contributed by atoms with Gasteiger partial charge in [0, 0.05) is 18.7 Å². The summed E-state index contributed by atoms with van der Waals surface area (Å²) in [5, 5.41) is 18.0. The zero-order valence-corrected chi connectivity index (χ0v) is 11.7. The van der Waals surface area contributed by atoms with E-state index in [1.165, 1.54) is 29.2 Å². The van der Waals surface area contributed by atoms with Crippen molar-refractivity contribution in [2.75, 3.05) is 13.1 Å². The maximum atomic E-state index is 12.5. The molecule has 0 aromatic heterocycles. The fourth-order valence-corrected chi connectivity index (χ4v) is 2.56. The van der Waals surface area contributed by atoms with E-state index in [4.69, 9.17) is 5.26 Å². The fourth-order valence-electron chi connectivity index (χ4n) is 2.56. The molecule has 1 aliphatic heterocycles. The minimum absolute atomic E-state index is 0.114. The van der Waals surface area contributed by atoms with Gasteiger partial charge in [-0.2, -0.15) is 18.4 Å². The summed E-state index contributed by atoms with van der Waals surface area (Å²) in [6, 6.07) is 8.04. The van der Waals surface area contributed by atoms with Crippen LogP contribution in [0.1, 0.15) is 28.8 Å². The average molecular weight is 312 g/mol. The Balaban J connectivity index is 1.96. The Morgan fingerprint density at radius 2 is 1.82 bits per heavy atom. The van der Waals surface area contributed by atoms with Crippen molar-refractivity contribution in [3.8, 4) is 6.07 Å². The maximum absolute atomic E-state index is 12.5. The van der Waals surface area contributed by atoms with Crippen molar-refractivity contribution in [3.05, 3.63) is 35.4 Å². The number of amides is 1. The molecule has 1 unspecified atom stereocenters. The third-order valence-corrected chi connectivity index (χ3v) is 3.87. The van der Waals surface area contributed by atoms with Crippen LogP contribution in [0.5, 0.6) is 0 Å². The van der Waals surface area contributed by atoms with Crippen LogP contribution in [0.3, 0.4) is 0 Å². The first-order valence-electron chi connectivity index (χ1n) is 6.87. The fraction of sp³-hybridized carbons (Fsp3) is 0.467. The molecule has 1 aromatic rings. The molecule has 1 saturated heterocycles. The average Bonchev–Trinajstić information content (AvgIpc) is 2.53. The largest absolute Gasteiger partial charge is 0.414 e. The number of piperidine rings is 1. The van der Waals surface area contributed by atoms with E-state index in [1.54, 1.807) is 0 Å². The number of nitriles is 1. The number of likely N-dealkylation sites (tertiary alicyclic amines) is 1. The van der Waals surface area contributed by atoms with Gasteiger partial charge < -0.3 is 10.0 Å². The second kappa shape index (κ2) is 6.36. The zero-order chi connectivity index (χ0) is 16.3. The highest BCUT2D eigenvalue weighted by molar-refractivity contribution is 5.94. The Morgan fingerprint density at radius 1 is 1.27 bits per heavy atom. The van der Waals surface area contributed by atoms with E-state index in [9.17, 15) is 23.1 Å². The summed E-state index contributed by atoms with van der Waals surface area (Å²) in [7, 11) is 0. The molecule has 1 N–H and O–H groups in total. The van der Waals surface area contributed by atoms with Crippen molar-refractivity contribution in [3.63, 3.8) is 0 Å². The third kappa shape index (κ3) is 3.57. The molecule has 0 radical (unpaired) electrons. The van der Waals surface area contributed by atoms with Crippen LogP contribution in [0.15, 0.2) is 24.3 Å². The van der Waals surface area contributed by atoms with E-state index in [-0.39, 0.29) is 31.8 Å². The number of alkyl halides is 3. The van der Waals surface area contributed by atoms with Crippen LogP contribution in [-0.4, -0.2) is 41.3 Å². The molecule has 0 spiro atoms. The number of carbonyl (C=O) groups excluding carboxylic acids is 1. The van der Waals surface area contributed by atoms with Crippen molar-refractivity contribution in [2.24, 2.45) is 5.92 Å². The molecular weight excluding hydrogens is 297 g/mol. The summed E-state index contributed by atoms with van der Waals surface area (Å²) in [5.41, 5.74) is 0.831. The Morgan fingerprint density at radius 3 is 2.27 bits per heavy atom. The molecule has 2 rings (SSSR count). The molecule has 0 aliphatic carbocycles. The molecule has 0 bridgehead atoms. The number of aliphatic hydroxyl groups excluding tert-OH is 1. The van der Waals surface area contributed by atoms with Crippen LogP contribution in [0.4, 0.5) is 13.2 Å². The summed E-state index contributed by atoms with van der Waals surface area (Å²) in [4.78, 5) is 13.7. The Bertz CT molecular complexity index is 570. The zero-order valence-electron chi connectivity index (χ0n) is 11.7. The molecule has 118 valence electrons. The van der Waals surface area contributed by atoms with Crippen LogP contribution in [0, 0.1) is 17.2 Å². The van der Waals surface area contributed by atoms with Gasteiger partial charge in [0.05, 0.1) is 11.6 Å². The standard InChI is InChI=1S/C15H15F3N2O2/c16-15(17,18)13(21)11-5-7-20(8-6-11)14(22)12-3-1-10(9-19)2-4-12/h1-4,11,13,21H,5-8H2. The minimum Gasteiger partial charge on any atom is -0.383 e. The molecular formula is C15H15F3N2O2. The van der Waals surface area contributed by atoms with E-state index in [1.807, 2.05) is 6.07 Å². The lowest BCUT2D eigenvalue weighted by molar-refractivity contribution is -0.222. The molecule has 1 fully saturated rings. The van der Waals surface area contributed by atoms with E-state index in [0.717, 1.165) is 0 Å². The number of nitrogens with zero attached hydrogens (tertiary/aromatic N) is 2. The first-order chi connectivity index (χ1) is 10.3. The number of hydrogen-bond acceptors (Lipinski definition) is 3. The lowest BCUT2D eigenvalue weighted by Crippen LogP contribution is -2.45. The van der Waals surface area contributed by atoms with Gasteiger partial charge in [0.1, 0.15) is 0 Å². The van der Waals surface area contributed by atoms with Crippen molar-refractivity contribution in [1.29, 1.82) is 5.26 Å². The lowest BCUT2D eigenvalue weighted by atomic mass is 9.90. The quantitative estimate of drug-likeness (QED) is 0.911. The number of rotatable bonds is 2. The van der Waals surface area contributed by atoms with Gasteiger partial charge in [0.25, 0.3) is 5.91 Å². The topological polar surface area (TPSA) is 64.3 Å². The summed E-state index contributed by atoms with van der Waals surface area (Å²) in [6.45, 7) is 0.354. The smallest absolute Gasteiger partial charge is 0.383 e. The highest BCUT2D eigenvalue weighted by Crippen LogP contribution is 2.31. The first kappa shape index (κ1) is 16.3. The van der Waals surface area contributed by atoms with Gasteiger partial charge in [-0.3, -0.25) is 4.79 Å². The van der Waals surface area contributed by atoms with Crippen LogP contribution in [0.2, 0.25) is 0 Å². The van der Waals surface area contributed by atoms with Gasteiger partial charge in [0.15, 0.2) is 6.10 Å². The van der Waals surface area contributed by atoms with Gasteiger partial charge in [0.2, 0.25) is 0 Å². The Hall–Kier alpha value is -2.07. The van der Waals surface area contributed by atoms with E-state index in [0.29, 0.717) is 11.1 Å². The van der Waals surface area contributed by atoms with E-state index >= 15 is 0 Å². The number of carbonyl (C=O) groups is 1. The van der Waals surface area contributed by atoms with Gasteiger partial charge in [-0.05, 0) is 43.0 Å². The second-order valence-electron chi connectivity index (χ2n) is 5.31. The normalized spacial score (nSPS) is 17.9. The Labute approximate surface area is 125 Å². The lowest BCUT2D eigenvalue weighted by Gasteiger charge is -2.34. The second-order valence-corrected chi connectivity index (χ2v) is 5.31. The van der Waals surface area contributed by atoms with Crippen LogP contribution < -0.4 is 0 Å². The van der Waals surface area contributed by atoms with Gasteiger partial charge >= 0.3 is 6.18 Å². The van der Waals surface area contributed by atoms with Gasteiger partial charge in [-0.25, -0.2) is 0 Å². The molecule has 0 saturated carbocycles. The summed E-state index contributed by atoms with van der Waals surface area (Å²) < 4.78 is 37.4. The third-order valence-electron chi connectivity index (χ3n) is 3.87. The minimum atomic E-state index is -4.62. The van der Waals surface area contributed by atoms with E-state index in [2.05, 4.69) is 0 Å². The Kier molecular flexibility index (Phi) is 4.71. The number of aliphatic hydroxyl groups is 1. The summed E-state index contributed by atoms with van der Waals surface area (Å²) in [5.74, 6) is -1.14. The van der Waals surface area contributed by atoms with Gasteiger partial charge in [-0.1, -0.05) is 0 Å². The van der Waals surface area contributed by atoms with Crippen molar-refractivity contribution >= 4 is 5.91 Å². The predicted molar refractivity (Wildman–Crippen MR) is 71.8 cm³/mol. The molecule has 1 heterocycles. The van der Waals surface area contributed by atoms with Crippen molar-refractivity contribution in [1.82, 2.24) is 4.90 Å². The van der Waals surface area contributed by atoms with Crippen LogP contribution in [0.25, 0.3) is 0 Å². The highest BCUT2D eigenvalue weighted by atomic mass is 19.4. The molecule has 1 amide bonds.